The summed E-state index contributed by atoms with van der Waals surface area (Å²) in [4.78, 5) is 16.2. The molecule has 0 aliphatic heterocycles. The largest absolute Gasteiger partial charge is 0.366 e. The van der Waals surface area contributed by atoms with Gasteiger partial charge in [0.15, 0.2) is 0 Å². The molecule has 1 heterocycles. The van der Waals surface area contributed by atoms with E-state index in [4.69, 9.17) is 5.73 Å². The molecule has 0 fully saturated rings. The highest BCUT2D eigenvalue weighted by Gasteiger charge is 2.37. The van der Waals surface area contributed by atoms with E-state index >= 15 is 0 Å². The molecule has 0 saturated carbocycles. The van der Waals surface area contributed by atoms with Gasteiger partial charge in [0.1, 0.15) is 0 Å². The van der Waals surface area contributed by atoms with Crippen molar-refractivity contribution in [3.05, 3.63) is 53.2 Å². The molecule has 0 saturated heterocycles. The minimum atomic E-state index is -0.425. The normalized spacial score (nSPS) is 19.0. The Hall–Kier alpha value is -2.16. The van der Waals surface area contributed by atoms with Crippen molar-refractivity contribution in [1.82, 2.24) is 4.98 Å². The van der Waals surface area contributed by atoms with Crippen molar-refractivity contribution in [1.29, 1.82) is 0 Å². The summed E-state index contributed by atoms with van der Waals surface area (Å²) in [5, 5.41) is 0. The Morgan fingerprint density at radius 2 is 2.09 bits per heavy atom. The molecule has 3 heteroatoms. The van der Waals surface area contributed by atoms with Crippen molar-refractivity contribution < 1.29 is 4.79 Å². The summed E-state index contributed by atoms with van der Waals surface area (Å²) in [7, 11) is 0. The molecule has 0 spiro atoms. The second-order valence-electron chi connectivity index (χ2n) is 6.72. The van der Waals surface area contributed by atoms with Crippen LogP contribution in [0, 0.1) is 0 Å². The van der Waals surface area contributed by atoms with E-state index in [0.29, 0.717) is 17.2 Å². The Kier molecular flexibility index (Phi) is 3.51. The van der Waals surface area contributed by atoms with E-state index in [1.165, 1.54) is 11.1 Å². The topological polar surface area (TPSA) is 56.0 Å². The Bertz CT molecular complexity index is 734. The molecule has 2 aromatic rings. The molecule has 114 valence electrons. The second kappa shape index (κ2) is 5.24. The third kappa shape index (κ3) is 2.21. The van der Waals surface area contributed by atoms with Crippen molar-refractivity contribution in [2.45, 2.75) is 44.9 Å². The zero-order valence-electron chi connectivity index (χ0n) is 13.4. The molecule has 3 nitrogen and oxygen atoms in total. The van der Waals surface area contributed by atoms with Crippen LogP contribution >= 0.6 is 0 Å². The molecule has 0 bridgehead atoms. The number of pyridine rings is 1. The van der Waals surface area contributed by atoms with Crippen LogP contribution in [-0.4, -0.2) is 10.9 Å². The first kappa shape index (κ1) is 14.8. The van der Waals surface area contributed by atoms with Crippen LogP contribution in [0.5, 0.6) is 0 Å². The van der Waals surface area contributed by atoms with Gasteiger partial charge in [-0.2, -0.15) is 0 Å². The predicted molar refractivity (Wildman–Crippen MR) is 88.9 cm³/mol. The van der Waals surface area contributed by atoms with Crippen molar-refractivity contribution >= 4 is 5.91 Å². The summed E-state index contributed by atoms with van der Waals surface area (Å²) in [5.41, 5.74) is 10.7. The lowest BCUT2D eigenvalue weighted by atomic mass is 9.85. The van der Waals surface area contributed by atoms with Crippen LogP contribution in [0.2, 0.25) is 0 Å². The van der Waals surface area contributed by atoms with Crippen molar-refractivity contribution in [2.75, 3.05) is 0 Å². The summed E-state index contributed by atoms with van der Waals surface area (Å²) in [6, 6.07) is 9.85. The fourth-order valence-electron chi connectivity index (χ4n) is 3.80. The summed E-state index contributed by atoms with van der Waals surface area (Å²) in [6.45, 7) is 6.80. The lowest BCUT2D eigenvalue weighted by Crippen LogP contribution is -2.14. The standard InChI is InChI=1S/C19H22N2O/c1-4-12-11-19(2,3)15-9-5-7-13(16(12)15)17-14(18(20)22)8-6-10-21-17/h5-10,12H,4,11H2,1-3H3,(H2,20,22)/t12-/m1/s1. The van der Waals surface area contributed by atoms with Gasteiger partial charge in [-0.3, -0.25) is 9.78 Å². The molecule has 1 aliphatic rings. The van der Waals surface area contributed by atoms with Gasteiger partial charge in [-0.05, 0) is 47.4 Å². The quantitative estimate of drug-likeness (QED) is 0.929. The van der Waals surface area contributed by atoms with Crippen LogP contribution in [0.4, 0.5) is 0 Å². The van der Waals surface area contributed by atoms with Crippen molar-refractivity contribution in [2.24, 2.45) is 5.73 Å². The van der Waals surface area contributed by atoms with E-state index in [9.17, 15) is 4.79 Å². The van der Waals surface area contributed by atoms with Gasteiger partial charge in [-0.15, -0.1) is 0 Å². The summed E-state index contributed by atoms with van der Waals surface area (Å²) >= 11 is 0. The Balaban J connectivity index is 2.28. The van der Waals surface area contributed by atoms with Gasteiger partial charge < -0.3 is 5.73 Å². The highest BCUT2D eigenvalue weighted by molar-refractivity contribution is 5.99. The summed E-state index contributed by atoms with van der Waals surface area (Å²) in [6.07, 6.45) is 3.95. The molecule has 0 radical (unpaired) electrons. The highest BCUT2D eigenvalue weighted by atomic mass is 16.1. The van der Waals surface area contributed by atoms with Crippen LogP contribution in [0.15, 0.2) is 36.5 Å². The van der Waals surface area contributed by atoms with Gasteiger partial charge in [-0.25, -0.2) is 0 Å². The zero-order chi connectivity index (χ0) is 15.9. The van der Waals surface area contributed by atoms with Crippen LogP contribution in [0.25, 0.3) is 11.3 Å². The minimum absolute atomic E-state index is 0.160. The molecule has 1 atom stereocenters. The number of hydrogen-bond acceptors (Lipinski definition) is 2. The Labute approximate surface area is 131 Å². The first-order valence-corrected chi connectivity index (χ1v) is 7.84. The molecule has 0 unspecified atom stereocenters. The fourth-order valence-corrected chi connectivity index (χ4v) is 3.80. The van der Waals surface area contributed by atoms with E-state index in [0.717, 1.165) is 18.4 Å². The van der Waals surface area contributed by atoms with Crippen LogP contribution in [-0.2, 0) is 5.41 Å². The third-order valence-corrected chi connectivity index (χ3v) is 4.82. The lowest BCUT2D eigenvalue weighted by molar-refractivity contribution is 0.100. The number of benzene rings is 1. The number of fused-ring (bicyclic) bond motifs is 1. The third-order valence-electron chi connectivity index (χ3n) is 4.82. The monoisotopic (exact) mass is 294 g/mol. The van der Waals surface area contributed by atoms with Crippen molar-refractivity contribution in [3.8, 4) is 11.3 Å². The summed E-state index contributed by atoms with van der Waals surface area (Å²) < 4.78 is 0. The first-order chi connectivity index (χ1) is 10.5. The highest BCUT2D eigenvalue weighted by Crippen LogP contribution is 2.50. The number of amides is 1. The minimum Gasteiger partial charge on any atom is -0.366 e. The summed E-state index contributed by atoms with van der Waals surface area (Å²) in [5.74, 6) is 0.0786. The van der Waals surface area contributed by atoms with Gasteiger partial charge in [0.25, 0.3) is 5.91 Å². The predicted octanol–water partition coefficient (Wildman–Crippen LogP) is 4.02. The average molecular weight is 294 g/mol. The van der Waals surface area contributed by atoms with Crippen LogP contribution < -0.4 is 5.73 Å². The van der Waals surface area contributed by atoms with Crippen LogP contribution in [0.1, 0.15) is 61.0 Å². The average Bonchev–Trinajstić information content (AvgIpc) is 2.78. The van der Waals surface area contributed by atoms with Gasteiger partial charge in [0.05, 0.1) is 11.3 Å². The number of aromatic nitrogens is 1. The van der Waals surface area contributed by atoms with Crippen molar-refractivity contribution in [3.63, 3.8) is 0 Å². The SMILES string of the molecule is CC[C@@H]1CC(C)(C)c2cccc(-c3ncccc3C(N)=O)c21. The number of rotatable bonds is 3. The maximum absolute atomic E-state index is 11.8. The number of nitrogens with zero attached hydrogens (tertiary/aromatic N) is 1. The number of carbonyl (C=O) groups excluding carboxylic acids is 1. The van der Waals surface area contributed by atoms with Gasteiger partial charge in [0.2, 0.25) is 0 Å². The molecule has 1 aromatic heterocycles. The molecule has 1 amide bonds. The smallest absolute Gasteiger partial charge is 0.250 e. The van der Waals surface area contributed by atoms with Gasteiger partial charge in [-0.1, -0.05) is 39.0 Å². The lowest BCUT2D eigenvalue weighted by Gasteiger charge is -2.19. The van der Waals surface area contributed by atoms with E-state index in [2.05, 4.69) is 44.0 Å². The molecule has 1 aliphatic carbocycles. The molecular formula is C19H22N2O. The van der Waals surface area contributed by atoms with Gasteiger partial charge in [0, 0.05) is 11.8 Å². The van der Waals surface area contributed by atoms with E-state index in [-0.39, 0.29) is 5.41 Å². The number of primary amides is 1. The van der Waals surface area contributed by atoms with E-state index in [1.807, 2.05) is 0 Å². The maximum Gasteiger partial charge on any atom is 0.250 e. The Morgan fingerprint density at radius 1 is 1.32 bits per heavy atom. The van der Waals surface area contributed by atoms with E-state index in [1.54, 1.807) is 18.3 Å². The zero-order valence-corrected chi connectivity index (χ0v) is 13.4. The maximum atomic E-state index is 11.8. The van der Waals surface area contributed by atoms with E-state index < -0.39 is 5.91 Å². The molecule has 2 N–H and O–H groups in total. The van der Waals surface area contributed by atoms with Crippen LogP contribution in [0.3, 0.4) is 0 Å². The fraction of sp³-hybridized carbons (Fsp3) is 0.368. The number of carbonyl (C=O) groups is 1. The Morgan fingerprint density at radius 3 is 2.77 bits per heavy atom. The molecule has 22 heavy (non-hydrogen) atoms. The first-order valence-electron chi connectivity index (χ1n) is 7.84. The molecular weight excluding hydrogens is 272 g/mol. The number of hydrogen-bond donors (Lipinski definition) is 1. The second-order valence-corrected chi connectivity index (χ2v) is 6.72. The molecule has 1 aromatic carbocycles. The number of nitrogens with two attached hydrogens (primary N) is 1. The van der Waals surface area contributed by atoms with Gasteiger partial charge >= 0.3 is 0 Å². The molecule has 3 rings (SSSR count).